The number of halogens is 1. The number of carbonyl (C=O) groups excluding carboxylic acids is 1. The Bertz CT molecular complexity index is 1030. The molecule has 0 heterocycles. The van der Waals surface area contributed by atoms with Crippen molar-refractivity contribution in [1.82, 2.24) is 5.43 Å². The van der Waals surface area contributed by atoms with Crippen molar-refractivity contribution in [3.63, 3.8) is 0 Å². The molecule has 0 bridgehead atoms. The van der Waals surface area contributed by atoms with Crippen molar-refractivity contribution in [3.8, 4) is 17.2 Å². The molecule has 0 aliphatic heterocycles. The second-order valence-electron chi connectivity index (χ2n) is 5.82. The van der Waals surface area contributed by atoms with Gasteiger partial charge < -0.3 is 14.9 Å². The summed E-state index contributed by atoms with van der Waals surface area (Å²) < 4.78 is 6.35. The quantitative estimate of drug-likeness (QED) is 0.326. The summed E-state index contributed by atoms with van der Waals surface area (Å²) in [5.74, 6) is 0.0528. The second-order valence-corrected chi connectivity index (χ2v) is 6.61. The minimum atomic E-state index is -0.450. The van der Waals surface area contributed by atoms with E-state index in [2.05, 4.69) is 26.5 Å². The zero-order valence-corrected chi connectivity index (χ0v) is 16.0. The Balaban J connectivity index is 1.65. The predicted molar refractivity (Wildman–Crippen MR) is 107 cm³/mol. The fraction of sp³-hybridized carbons (Fsp3) is 0.100. The lowest BCUT2D eigenvalue weighted by Crippen LogP contribution is -2.25. The largest absolute Gasteiger partial charge is 0.508 e. The van der Waals surface area contributed by atoms with E-state index in [9.17, 15) is 15.0 Å². The van der Waals surface area contributed by atoms with Gasteiger partial charge in [0.15, 0.2) is 6.61 Å². The minimum absolute atomic E-state index is 0.00633. The normalized spacial score (nSPS) is 11.4. The van der Waals surface area contributed by atoms with Crippen LogP contribution in [0.3, 0.4) is 0 Å². The van der Waals surface area contributed by atoms with Crippen LogP contribution in [0, 0.1) is 0 Å². The van der Waals surface area contributed by atoms with Gasteiger partial charge in [-0.05, 0) is 57.9 Å². The number of hydrogen-bond donors (Lipinski definition) is 3. The summed E-state index contributed by atoms with van der Waals surface area (Å²) in [5, 5.41) is 25.3. The number of ether oxygens (including phenoxy) is 1. The number of carbonyl (C=O) groups is 1. The molecule has 0 aliphatic rings. The molecule has 0 radical (unpaired) electrons. The van der Waals surface area contributed by atoms with Gasteiger partial charge in [-0.25, -0.2) is 5.43 Å². The molecule has 138 valence electrons. The highest BCUT2D eigenvalue weighted by Gasteiger charge is 2.10. The van der Waals surface area contributed by atoms with Crippen molar-refractivity contribution in [2.24, 2.45) is 5.10 Å². The highest BCUT2D eigenvalue weighted by Crippen LogP contribution is 2.32. The van der Waals surface area contributed by atoms with Crippen molar-refractivity contribution >= 4 is 38.3 Å². The summed E-state index contributed by atoms with van der Waals surface area (Å²) in [6, 6.07) is 15.6. The summed E-state index contributed by atoms with van der Waals surface area (Å²) >= 11 is 3.50. The van der Waals surface area contributed by atoms with Crippen LogP contribution in [-0.4, -0.2) is 28.4 Å². The lowest BCUT2D eigenvalue weighted by molar-refractivity contribution is -0.123. The molecule has 0 aromatic heterocycles. The van der Waals surface area contributed by atoms with Gasteiger partial charge in [0.25, 0.3) is 5.91 Å². The van der Waals surface area contributed by atoms with E-state index in [4.69, 9.17) is 4.74 Å². The summed E-state index contributed by atoms with van der Waals surface area (Å²) in [7, 11) is 0. The molecule has 0 fully saturated rings. The zero-order valence-electron chi connectivity index (χ0n) is 14.4. The van der Waals surface area contributed by atoms with Crippen LogP contribution in [0.1, 0.15) is 12.5 Å². The maximum Gasteiger partial charge on any atom is 0.277 e. The average molecular weight is 429 g/mol. The molecule has 27 heavy (non-hydrogen) atoms. The van der Waals surface area contributed by atoms with Crippen LogP contribution in [0.4, 0.5) is 0 Å². The van der Waals surface area contributed by atoms with E-state index in [1.165, 1.54) is 18.2 Å². The van der Waals surface area contributed by atoms with E-state index >= 15 is 0 Å². The van der Waals surface area contributed by atoms with Crippen molar-refractivity contribution in [2.45, 2.75) is 6.92 Å². The predicted octanol–water partition coefficient (Wildman–Crippen LogP) is 3.93. The monoisotopic (exact) mass is 428 g/mol. The molecule has 0 unspecified atom stereocenters. The average Bonchev–Trinajstić information content (AvgIpc) is 2.67. The van der Waals surface area contributed by atoms with Crippen LogP contribution < -0.4 is 10.2 Å². The van der Waals surface area contributed by atoms with Gasteiger partial charge in [0.1, 0.15) is 17.2 Å². The molecular weight excluding hydrogens is 412 g/mol. The van der Waals surface area contributed by atoms with Crippen LogP contribution in [0.2, 0.25) is 0 Å². The number of fused-ring (bicyclic) bond motifs is 1. The summed E-state index contributed by atoms with van der Waals surface area (Å²) in [6.45, 7) is 1.38. The van der Waals surface area contributed by atoms with Gasteiger partial charge in [0.05, 0.1) is 10.2 Å². The van der Waals surface area contributed by atoms with E-state index in [0.717, 1.165) is 15.2 Å². The highest BCUT2D eigenvalue weighted by atomic mass is 79.9. The SMILES string of the molecule is C/C(=N/NC(=O)COc1ccc2ccccc2c1Br)c1cc(O)ccc1O. The van der Waals surface area contributed by atoms with Gasteiger partial charge in [-0.15, -0.1) is 0 Å². The standard InChI is InChI=1S/C20H17BrN2O4/c1-12(16-10-14(24)7-8-17(16)25)22-23-19(26)11-27-18-9-6-13-4-2-3-5-15(13)20(18)21/h2-10,24-25H,11H2,1H3,(H,23,26)/b22-12-. The van der Waals surface area contributed by atoms with E-state index in [0.29, 0.717) is 17.0 Å². The van der Waals surface area contributed by atoms with Crippen LogP contribution >= 0.6 is 15.9 Å². The molecule has 3 rings (SSSR count). The molecule has 3 aromatic carbocycles. The molecule has 6 nitrogen and oxygen atoms in total. The van der Waals surface area contributed by atoms with E-state index < -0.39 is 5.91 Å². The first-order valence-corrected chi connectivity index (χ1v) is 8.90. The Kier molecular flexibility index (Phi) is 5.61. The molecule has 0 spiro atoms. The third kappa shape index (κ3) is 4.38. The number of phenolic OH excluding ortho intramolecular Hbond substituents is 2. The lowest BCUT2D eigenvalue weighted by atomic mass is 10.1. The maximum absolute atomic E-state index is 12.0. The molecule has 3 aromatic rings. The summed E-state index contributed by atoms with van der Waals surface area (Å²) in [4.78, 5) is 12.0. The van der Waals surface area contributed by atoms with Gasteiger partial charge in [-0.1, -0.05) is 30.3 Å². The van der Waals surface area contributed by atoms with Gasteiger partial charge in [-0.2, -0.15) is 5.10 Å². The number of benzene rings is 3. The van der Waals surface area contributed by atoms with Gasteiger partial charge in [0, 0.05) is 5.56 Å². The van der Waals surface area contributed by atoms with E-state index in [1.54, 1.807) is 13.0 Å². The van der Waals surface area contributed by atoms with E-state index in [-0.39, 0.29) is 18.1 Å². The highest BCUT2D eigenvalue weighted by molar-refractivity contribution is 9.10. The molecule has 7 heteroatoms. The maximum atomic E-state index is 12.0. The Morgan fingerprint density at radius 3 is 2.74 bits per heavy atom. The molecular formula is C20H17BrN2O4. The number of hydrogen-bond acceptors (Lipinski definition) is 5. The van der Waals surface area contributed by atoms with Gasteiger partial charge >= 0.3 is 0 Å². The van der Waals surface area contributed by atoms with Gasteiger partial charge in [-0.3, -0.25) is 4.79 Å². The Morgan fingerprint density at radius 1 is 1.15 bits per heavy atom. The smallest absolute Gasteiger partial charge is 0.277 e. The molecule has 3 N–H and O–H groups in total. The number of nitrogens with zero attached hydrogens (tertiary/aromatic N) is 1. The number of aromatic hydroxyl groups is 2. The first-order valence-electron chi connectivity index (χ1n) is 8.11. The Labute approximate surface area is 164 Å². The minimum Gasteiger partial charge on any atom is -0.508 e. The first-order chi connectivity index (χ1) is 13.0. The Morgan fingerprint density at radius 2 is 1.93 bits per heavy atom. The van der Waals surface area contributed by atoms with Crippen molar-refractivity contribution < 1.29 is 19.7 Å². The van der Waals surface area contributed by atoms with Crippen LogP contribution in [0.15, 0.2) is 64.2 Å². The van der Waals surface area contributed by atoms with Crippen molar-refractivity contribution in [3.05, 3.63) is 64.6 Å². The fourth-order valence-electron chi connectivity index (χ4n) is 2.52. The lowest BCUT2D eigenvalue weighted by Gasteiger charge is -2.10. The number of amides is 1. The van der Waals surface area contributed by atoms with E-state index in [1.807, 2.05) is 30.3 Å². The first kappa shape index (κ1) is 18.7. The van der Waals surface area contributed by atoms with Gasteiger partial charge in [0.2, 0.25) is 0 Å². The molecule has 0 saturated heterocycles. The number of phenols is 2. The fourth-order valence-corrected chi connectivity index (χ4v) is 3.13. The summed E-state index contributed by atoms with van der Waals surface area (Å²) in [6.07, 6.45) is 0. The van der Waals surface area contributed by atoms with Crippen LogP contribution in [0.25, 0.3) is 10.8 Å². The molecule has 1 amide bonds. The molecule has 0 aliphatic carbocycles. The zero-order chi connectivity index (χ0) is 19.4. The van der Waals surface area contributed by atoms with Crippen molar-refractivity contribution in [1.29, 1.82) is 0 Å². The Hall–Kier alpha value is -3.06. The number of hydrazone groups is 1. The summed E-state index contributed by atoms with van der Waals surface area (Å²) in [5.41, 5.74) is 3.05. The molecule has 0 atom stereocenters. The third-order valence-corrected chi connectivity index (χ3v) is 4.72. The van der Waals surface area contributed by atoms with Crippen molar-refractivity contribution in [2.75, 3.05) is 6.61 Å². The van der Waals surface area contributed by atoms with Crippen LogP contribution in [-0.2, 0) is 4.79 Å². The topological polar surface area (TPSA) is 91.2 Å². The second kappa shape index (κ2) is 8.09. The van der Waals surface area contributed by atoms with Crippen LogP contribution in [0.5, 0.6) is 17.2 Å². The number of nitrogens with one attached hydrogen (secondary N) is 1. The number of rotatable bonds is 5. The third-order valence-electron chi connectivity index (χ3n) is 3.90. The molecule has 0 saturated carbocycles.